The zero-order valence-corrected chi connectivity index (χ0v) is 38.9. The maximum Gasteiger partial charge on any atom is 0.322 e. The minimum Gasteiger partial charge on any atom is -0.481 e. The standard InChI is InChI=1S/C24H43N5O9S2.C14H27N3O2.CH4O/c1-14(2)27-15(3)8-9-20(32)29-18(24(38)26-11-22(35)36)13-40-39-12-17(23(37)25-10-16(4)30)28-19(31)6-5-7-21(33)34;1-14(2,3)6-4-12(18)16-8-10-17(11-9-16)13(19)5-7-15;1-2/h14-18,27,30H,5-13H2,1-4H3,(H,25,37)(H,26,38)(H,28,31)(H,29,32)(H,33,34)(H,35,36);4-11,15H2,1-3H3;2H,1H3. The SMILES string of the molecule is CC(C)(C)CCC(=O)N1CCN(C(=O)CCN)CC1.CC(O)CNC(=O)C(CSSCC(NC(=O)CCC(C)NC(C)C)C(=O)NCC(=O)O)NC(=O)CCCC(=O)O.CO. The number of nitrogens with one attached hydrogen (secondary N) is 5. The highest BCUT2D eigenvalue weighted by atomic mass is 33.1. The molecule has 1 aliphatic rings. The van der Waals surface area contributed by atoms with Crippen LogP contribution in [0.1, 0.15) is 99.8 Å². The number of aliphatic hydroxyl groups excluding tert-OH is 2. The lowest BCUT2D eigenvalue weighted by molar-refractivity contribution is -0.139. The van der Waals surface area contributed by atoms with Crippen molar-refractivity contribution in [1.29, 1.82) is 0 Å². The molecule has 20 nitrogen and oxygen atoms in total. The number of hydrogen-bond donors (Lipinski definition) is 10. The Morgan fingerprint density at radius 3 is 1.59 bits per heavy atom. The summed E-state index contributed by atoms with van der Waals surface area (Å²) in [6.45, 7) is 16.1. The number of piperazine rings is 1. The number of aliphatic hydroxyl groups is 2. The molecule has 4 atom stereocenters. The molecule has 0 saturated carbocycles. The van der Waals surface area contributed by atoms with Crippen LogP contribution in [0.5, 0.6) is 0 Å². The van der Waals surface area contributed by atoms with Crippen LogP contribution in [-0.2, 0) is 38.4 Å². The molecule has 0 bridgehead atoms. The smallest absolute Gasteiger partial charge is 0.322 e. The number of nitrogens with zero attached hydrogens (tertiary/aromatic N) is 2. The van der Waals surface area contributed by atoms with Crippen LogP contribution in [0.3, 0.4) is 0 Å². The second-order valence-electron chi connectivity index (χ2n) is 15.9. The van der Waals surface area contributed by atoms with E-state index >= 15 is 0 Å². The first kappa shape index (κ1) is 59.4. The van der Waals surface area contributed by atoms with Crippen molar-refractivity contribution in [2.24, 2.45) is 11.1 Å². The van der Waals surface area contributed by atoms with Gasteiger partial charge in [-0.05, 0) is 38.5 Å². The number of carbonyl (C=O) groups excluding carboxylic acids is 6. The highest BCUT2D eigenvalue weighted by molar-refractivity contribution is 8.76. The number of rotatable bonds is 26. The topological polar surface area (TPSA) is 310 Å². The van der Waals surface area contributed by atoms with Crippen LogP contribution < -0.4 is 32.3 Å². The third-order valence-corrected chi connectivity index (χ3v) is 10.9. The molecule has 1 rings (SSSR count). The summed E-state index contributed by atoms with van der Waals surface area (Å²) in [5.74, 6) is -3.95. The molecule has 0 spiro atoms. The Labute approximate surface area is 368 Å². The third kappa shape index (κ3) is 32.7. The molecule has 1 fully saturated rings. The Hall–Kier alpha value is -3.70. The van der Waals surface area contributed by atoms with Crippen molar-refractivity contribution in [2.75, 3.05) is 64.4 Å². The lowest BCUT2D eigenvalue weighted by Crippen LogP contribution is -2.50. The number of carbonyl (C=O) groups is 8. The van der Waals surface area contributed by atoms with Crippen LogP contribution in [0, 0.1) is 5.41 Å². The van der Waals surface area contributed by atoms with E-state index < -0.39 is 54.4 Å². The third-order valence-electron chi connectivity index (χ3n) is 8.49. The summed E-state index contributed by atoms with van der Waals surface area (Å²) in [4.78, 5) is 98.7. The molecule has 354 valence electrons. The lowest BCUT2D eigenvalue weighted by atomic mass is 9.90. The normalized spacial score (nSPS) is 14.4. The molecule has 0 aromatic rings. The van der Waals surface area contributed by atoms with Gasteiger partial charge in [0.05, 0.1) is 6.10 Å². The van der Waals surface area contributed by atoms with E-state index in [1.165, 1.54) is 6.92 Å². The Morgan fingerprint density at radius 2 is 1.16 bits per heavy atom. The summed E-state index contributed by atoms with van der Waals surface area (Å²) in [5, 5.41) is 47.3. The fourth-order valence-electron chi connectivity index (χ4n) is 5.32. The quantitative estimate of drug-likeness (QED) is 0.0400. The highest BCUT2D eigenvalue weighted by Crippen LogP contribution is 2.24. The monoisotopic (exact) mass is 910 g/mol. The molecule has 0 aromatic heterocycles. The number of amides is 6. The van der Waals surface area contributed by atoms with E-state index in [-0.39, 0.29) is 79.0 Å². The van der Waals surface area contributed by atoms with E-state index in [4.69, 9.17) is 21.1 Å². The second kappa shape index (κ2) is 33.9. The Kier molecular flexibility index (Phi) is 33.0. The number of carboxylic acid groups (broad SMARTS) is 2. The number of carboxylic acids is 2. The van der Waals surface area contributed by atoms with Gasteiger partial charge in [-0.1, -0.05) is 56.2 Å². The van der Waals surface area contributed by atoms with Gasteiger partial charge in [0.15, 0.2) is 0 Å². The first-order chi connectivity index (χ1) is 28.5. The summed E-state index contributed by atoms with van der Waals surface area (Å²) in [6, 6.07) is -1.72. The minimum absolute atomic E-state index is 0.0365. The molecule has 6 amide bonds. The second-order valence-corrected chi connectivity index (χ2v) is 18.4. The molecule has 4 unspecified atom stereocenters. The highest BCUT2D eigenvalue weighted by Gasteiger charge is 2.26. The average molecular weight is 911 g/mol. The minimum atomic E-state index is -1.24. The van der Waals surface area contributed by atoms with Gasteiger partial charge in [0.25, 0.3) is 0 Å². The molecule has 0 aromatic carbocycles. The van der Waals surface area contributed by atoms with Crippen molar-refractivity contribution in [3.8, 4) is 0 Å². The molecule has 61 heavy (non-hydrogen) atoms. The van der Waals surface area contributed by atoms with E-state index in [1.54, 1.807) is 4.90 Å². The van der Waals surface area contributed by atoms with Crippen LogP contribution in [-0.4, -0.2) is 172 Å². The van der Waals surface area contributed by atoms with Crippen molar-refractivity contribution in [3.63, 3.8) is 0 Å². The van der Waals surface area contributed by atoms with Gasteiger partial charge >= 0.3 is 11.9 Å². The van der Waals surface area contributed by atoms with Crippen molar-refractivity contribution in [1.82, 2.24) is 36.4 Å². The zero-order chi connectivity index (χ0) is 47.1. The molecule has 1 aliphatic heterocycles. The maximum absolute atomic E-state index is 12.6. The summed E-state index contributed by atoms with van der Waals surface area (Å²) >= 11 is 0. The molecule has 1 saturated heterocycles. The van der Waals surface area contributed by atoms with Crippen LogP contribution in [0.15, 0.2) is 0 Å². The van der Waals surface area contributed by atoms with Gasteiger partial charge < -0.3 is 62.5 Å². The summed E-state index contributed by atoms with van der Waals surface area (Å²) in [6.07, 6.45) is 1.59. The fraction of sp³-hybridized carbons (Fsp3) is 0.795. The van der Waals surface area contributed by atoms with Gasteiger partial charge in [0, 0.05) is 102 Å². The van der Waals surface area contributed by atoms with Gasteiger partial charge in [-0.2, -0.15) is 0 Å². The van der Waals surface area contributed by atoms with Gasteiger partial charge in [0.1, 0.15) is 18.6 Å². The van der Waals surface area contributed by atoms with Gasteiger partial charge in [-0.15, -0.1) is 0 Å². The first-order valence-electron chi connectivity index (χ1n) is 20.5. The maximum atomic E-state index is 12.6. The molecule has 1 heterocycles. The van der Waals surface area contributed by atoms with Crippen molar-refractivity contribution < 1.29 is 58.8 Å². The first-order valence-corrected chi connectivity index (χ1v) is 23.0. The Morgan fingerprint density at radius 1 is 0.689 bits per heavy atom. The van der Waals surface area contributed by atoms with Crippen LogP contribution in [0.2, 0.25) is 0 Å². The number of aliphatic carboxylic acids is 2. The molecular formula is C39H74N8O12S2. The van der Waals surface area contributed by atoms with Crippen LogP contribution >= 0.6 is 21.6 Å². The fourth-order valence-corrected chi connectivity index (χ4v) is 7.64. The molecular weight excluding hydrogens is 837 g/mol. The summed E-state index contributed by atoms with van der Waals surface area (Å²) < 4.78 is 0. The van der Waals surface area contributed by atoms with Gasteiger partial charge in [-0.3, -0.25) is 38.4 Å². The Balaban J connectivity index is 0. The average Bonchev–Trinajstić information content (AvgIpc) is 3.18. The zero-order valence-electron chi connectivity index (χ0n) is 37.3. The van der Waals surface area contributed by atoms with E-state index in [0.29, 0.717) is 52.0 Å². The predicted molar refractivity (Wildman–Crippen MR) is 236 cm³/mol. The van der Waals surface area contributed by atoms with Crippen molar-refractivity contribution >= 4 is 69.0 Å². The van der Waals surface area contributed by atoms with Gasteiger partial charge in [0.2, 0.25) is 35.4 Å². The van der Waals surface area contributed by atoms with E-state index in [1.807, 2.05) is 25.7 Å². The summed E-state index contributed by atoms with van der Waals surface area (Å²) in [5.41, 5.74) is 5.57. The van der Waals surface area contributed by atoms with Crippen LogP contribution in [0.25, 0.3) is 0 Å². The summed E-state index contributed by atoms with van der Waals surface area (Å²) in [7, 11) is 3.28. The molecule has 0 aliphatic carbocycles. The lowest BCUT2D eigenvalue weighted by Gasteiger charge is -2.35. The van der Waals surface area contributed by atoms with Crippen molar-refractivity contribution in [3.05, 3.63) is 0 Å². The number of nitrogens with two attached hydrogens (primary N) is 1. The van der Waals surface area contributed by atoms with E-state index in [2.05, 4.69) is 47.4 Å². The van der Waals surface area contributed by atoms with Gasteiger partial charge in [-0.25, -0.2) is 0 Å². The Bertz CT molecular complexity index is 1350. The van der Waals surface area contributed by atoms with E-state index in [0.717, 1.165) is 35.1 Å². The predicted octanol–water partition coefficient (Wildman–Crippen LogP) is -0.102. The molecule has 22 heteroatoms. The van der Waals surface area contributed by atoms with Crippen LogP contribution in [0.4, 0.5) is 0 Å². The van der Waals surface area contributed by atoms with E-state index in [9.17, 15) is 43.5 Å². The largest absolute Gasteiger partial charge is 0.481 e. The number of hydrogen-bond acceptors (Lipinski definition) is 14. The molecule has 11 N–H and O–H groups in total. The molecule has 0 radical (unpaired) electrons. The van der Waals surface area contributed by atoms with Crippen molar-refractivity contribution in [2.45, 2.75) is 130 Å².